The van der Waals surface area contributed by atoms with Gasteiger partial charge in [0.1, 0.15) is 26.8 Å². The summed E-state index contributed by atoms with van der Waals surface area (Å²) in [5.74, 6) is -1.87. The number of nitrogens with one attached hydrogen (secondary N) is 1. The lowest BCUT2D eigenvalue weighted by molar-refractivity contribution is -0.777. The first kappa shape index (κ1) is 130. The van der Waals surface area contributed by atoms with Gasteiger partial charge in [-0.05, 0) is 106 Å². The molecule has 45 nitrogen and oxygen atoms in total. The lowest BCUT2D eigenvalue weighted by Crippen LogP contribution is -2.32. The van der Waals surface area contributed by atoms with E-state index in [1.54, 1.807) is 19.3 Å². The highest BCUT2D eigenvalue weighted by Crippen LogP contribution is 2.55. The Morgan fingerprint density at radius 3 is 1.24 bits per heavy atom. The Morgan fingerprint density at radius 2 is 0.842 bits per heavy atom. The summed E-state index contributed by atoms with van der Waals surface area (Å²) in [5, 5.41) is 32.1. The first-order valence-corrected chi connectivity index (χ1v) is 53.6. The van der Waals surface area contributed by atoms with Crippen LogP contribution in [0.3, 0.4) is 0 Å². The number of ether oxygens (including phenoxy) is 24. The fraction of sp³-hybridized carbons (Fsp3) is 0.722. The average Bonchev–Trinajstić information content (AvgIpc) is 1.54. The van der Waals surface area contributed by atoms with Crippen LogP contribution in [0.15, 0.2) is 93.2 Å². The maximum Gasteiger partial charge on any atom is 0.333 e. The lowest BCUT2D eigenvalue weighted by atomic mass is 9.75. The Hall–Kier alpha value is -5.99. The van der Waals surface area contributed by atoms with Gasteiger partial charge in [0.2, 0.25) is 11.6 Å². The number of carbonyl (C=O) groups excluding carboxylic acids is 4. The summed E-state index contributed by atoms with van der Waals surface area (Å²) < 4.78 is 220. The molecule has 3 aliphatic heterocycles. The second kappa shape index (κ2) is 82.6. The molecule has 0 radical (unpaired) electrons. The Morgan fingerprint density at radius 1 is 0.445 bits per heavy atom. The molecule has 6 rings (SSSR count). The Kier molecular flexibility index (Phi) is 73.8. The number of hydrogen-bond acceptors (Lipinski definition) is 44. The number of benzene rings is 3. The summed E-state index contributed by atoms with van der Waals surface area (Å²) in [6.45, 7) is 28.6. The van der Waals surface area contributed by atoms with E-state index in [1.165, 1.54) is 6.07 Å². The van der Waals surface area contributed by atoms with Crippen molar-refractivity contribution in [2.45, 2.75) is 131 Å². The van der Waals surface area contributed by atoms with Crippen molar-refractivity contribution in [2.75, 3.05) is 348 Å². The second-order valence-electron chi connectivity index (χ2n) is 32.9. The van der Waals surface area contributed by atoms with Crippen molar-refractivity contribution in [1.29, 1.82) is 0 Å². The SMILES string of the molecule is C.COCCOCCOCCOCCOCCOCCOCCOCCOCCOCCOCCOCCOCCOCCOCCOCCOCCOCCOCCOCCOCCOCCOCCOCCNC(=O)CCCCC[N+]1=C(C=CC=CC=C2N(CCCSOO[O-])c3ccc4c(S(=O)(=O)[O-])cc(S(=O)(=O)[O-])cc4c3C2(C)CCCCCC(=O)ON2C(=O)CCC2=O)C(C)(C)c2cc(SOO[O-])ccc21. The van der Waals surface area contributed by atoms with Crippen molar-refractivity contribution in [2.24, 2.45) is 0 Å². The van der Waals surface area contributed by atoms with Gasteiger partial charge in [-0.15, -0.1) is 5.06 Å². The van der Waals surface area contributed by atoms with E-state index in [0.717, 1.165) is 53.5 Å². The van der Waals surface area contributed by atoms with Crippen LogP contribution in [0.5, 0.6) is 0 Å². The average molecular weight is 2160 g/mol. The van der Waals surface area contributed by atoms with Crippen LogP contribution in [0, 0.1) is 0 Å². The van der Waals surface area contributed by atoms with E-state index in [1.807, 2.05) is 54.3 Å². The van der Waals surface area contributed by atoms with Gasteiger partial charge in [-0.1, -0.05) is 44.6 Å². The third-order valence-corrected chi connectivity index (χ3v) is 24.8. The largest absolute Gasteiger partial charge is 0.744 e. The van der Waals surface area contributed by atoms with E-state index < -0.39 is 58.6 Å². The second-order valence-corrected chi connectivity index (χ2v) is 37.2. The van der Waals surface area contributed by atoms with Crippen LogP contribution in [0.4, 0.5) is 11.4 Å². The minimum absolute atomic E-state index is 0. The molecule has 1 saturated heterocycles. The minimum Gasteiger partial charge on any atom is -0.744 e. The fourth-order valence-corrected chi connectivity index (χ4v) is 17.0. The molecule has 3 aromatic carbocycles. The van der Waals surface area contributed by atoms with E-state index in [9.17, 15) is 55.6 Å². The molecule has 836 valence electrons. The van der Waals surface area contributed by atoms with E-state index in [2.05, 4.69) is 42.5 Å². The Labute approximate surface area is 867 Å². The zero-order chi connectivity index (χ0) is 104. The van der Waals surface area contributed by atoms with Crippen molar-refractivity contribution in [3.63, 3.8) is 0 Å². The zero-order valence-corrected chi connectivity index (χ0v) is 87.5. The first-order valence-electron chi connectivity index (χ1n) is 49.1. The quantitative estimate of drug-likeness (QED) is 0.00961. The number of unbranched alkanes of at least 4 members (excludes halogenated alkanes) is 4. The molecule has 3 aromatic rings. The van der Waals surface area contributed by atoms with E-state index in [-0.39, 0.29) is 68.5 Å². The monoisotopic (exact) mass is 2160 g/mol. The summed E-state index contributed by atoms with van der Waals surface area (Å²) in [6, 6.07) is 10.3. The molecule has 0 aromatic heterocycles. The van der Waals surface area contributed by atoms with Gasteiger partial charge >= 0.3 is 5.97 Å². The number of rotatable bonds is 99. The summed E-state index contributed by atoms with van der Waals surface area (Å²) >= 11 is 1.54. The maximum atomic E-state index is 12.9. The zero-order valence-electron chi connectivity index (χ0n) is 84.2. The predicted molar refractivity (Wildman–Crippen MR) is 527 cm³/mol. The third-order valence-electron chi connectivity index (χ3n) is 22.0. The van der Waals surface area contributed by atoms with E-state index in [0.29, 0.717) is 395 Å². The van der Waals surface area contributed by atoms with Crippen LogP contribution in [0.2, 0.25) is 0 Å². The number of carbonyl (C=O) groups is 4. The number of fused-ring (bicyclic) bond motifs is 4. The van der Waals surface area contributed by atoms with Gasteiger partial charge in [0.25, 0.3) is 11.8 Å². The van der Waals surface area contributed by atoms with Crippen LogP contribution in [0.1, 0.15) is 116 Å². The smallest absolute Gasteiger partial charge is 0.333 e. The number of methoxy groups -OCH3 is 1. The van der Waals surface area contributed by atoms with Crippen molar-refractivity contribution >= 4 is 95.9 Å². The molecule has 0 bridgehead atoms. The summed E-state index contributed by atoms with van der Waals surface area (Å²) in [5.41, 5.74) is 2.60. The molecule has 0 saturated carbocycles. The highest BCUT2D eigenvalue weighted by atomic mass is 32.2. The molecule has 0 aliphatic carbocycles. The van der Waals surface area contributed by atoms with E-state index >= 15 is 0 Å². The third kappa shape index (κ3) is 56.0. The van der Waals surface area contributed by atoms with Gasteiger partial charge in [0.05, 0.1) is 338 Å². The number of allylic oxidation sites excluding steroid dienone is 6. The number of anilines is 1. The predicted octanol–water partition coefficient (Wildman–Crippen LogP) is 6.19. The Bertz CT molecular complexity index is 4340. The molecule has 49 heteroatoms. The summed E-state index contributed by atoms with van der Waals surface area (Å²) in [6.07, 6.45) is 13.1. The number of nitrogens with zero attached hydrogens (tertiary/aromatic N) is 3. The fourth-order valence-electron chi connectivity index (χ4n) is 14.9. The molecular weight excluding hydrogens is 2010 g/mol. The van der Waals surface area contributed by atoms with Crippen molar-refractivity contribution in [3.8, 4) is 0 Å². The number of imide groups is 1. The summed E-state index contributed by atoms with van der Waals surface area (Å²) in [4.78, 5) is 55.8. The van der Waals surface area contributed by atoms with Crippen LogP contribution in [-0.4, -0.2) is 408 Å². The van der Waals surface area contributed by atoms with E-state index in [4.69, 9.17) is 119 Å². The van der Waals surface area contributed by atoms with Crippen LogP contribution < -0.4 is 20.7 Å². The minimum atomic E-state index is -5.37. The highest BCUT2D eigenvalue weighted by molar-refractivity contribution is 7.94. The van der Waals surface area contributed by atoms with Gasteiger partial charge in [-0.3, -0.25) is 24.5 Å². The summed E-state index contributed by atoms with van der Waals surface area (Å²) in [7, 11) is -9.06. The number of amides is 3. The van der Waals surface area contributed by atoms with Gasteiger partial charge in [-0.2, -0.15) is 13.2 Å². The van der Waals surface area contributed by atoms with Crippen molar-refractivity contribution < 1.29 is 197 Å². The van der Waals surface area contributed by atoms with Gasteiger partial charge in [-0.25, -0.2) is 21.6 Å². The molecule has 146 heavy (non-hydrogen) atoms. The molecule has 3 amide bonds. The van der Waals surface area contributed by atoms with Crippen LogP contribution in [-0.2, 0) is 188 Å². The molecule has 1 atom stereocenters. The number of hydrogen-bond donors (Lipinski definition) is 1. The van der Waals surface area contributed by atoms with Crippen LogP contribution in [0.25, 0.3) is 10.8 Å². The van der Waals surface area contributed by atoms with Crippen molar-refractivity contribution in [1.82, 2.24) is 10.4 Å². The molecular formula is C97H155N4O41S4-3. The molecule has 1 unspecified atom stereocenters. The molecule has 3 heterocycles. The number of hydroxylamine groups is 2. The normalized spacial score (nSPS) is 15.1. The Balaban J connectivity index is 0.0000375. The van der Waals surface area contributed by atoms with Gasteiger partial charge in [0, 0.05) is 109 Å². The molecule has 0 spiro atoms. The topological polar surface area (TPSA) is 518 Å². The lowest BCUT2D eigenvalue weighted by Gasteiger charge is -2.31. The molecule has 3 aliphatic rings. The highest BCUT2D eigenvalue weighted by Gasteiger charge is 2.46. The van der Waals surface area contributed by atoms with Crippen molar-refractivity contribution in [3.05, 3.63) is 89.7 Å². The van der Waals surface area contributed by atoms with Crippen LogP contribution >= 0.6 is 24.1 Å². The van der Waals surface area contributed by atoms with Gasteiger partial charge < -0.3 is 148 Å². The molecule has 1 N–H and O–H groups in total. The van der Waals surface area contributed by atoms with Gasteiger partial charge in [0.15, 0.2) is 5.71 Å². The molecule has 1 fully saturated rings. The first-order chi connectivity index (χ1) is 70.7. The standard InChI is InChI=1S/C96H154N4O41S4.CH4/c1-95(2)84-77-80(143-141-139-106)19-21-85(84)98(88(95)15-8-5-9-16-89-96(3,25-12-6-11-18-93(104)137-100-91(102)23-24-92(100)103)94-83-78-81(144(107,108)109)79-87(145(110,111)112)82(83)20-22-86(94)99(89)28-14-76-142-140-138-105)27-13-7-10-17-90(101)97-26-29-114-32-33-116-36-37-118-40-41-120-44-45-122-48-49-124-52-53-126-56-57-128-60-61-130-64-65-132-68-69-134-72-73-136-75-74-135-71-70-133-67-66-131-63-62-129-59-58-127-55-54-125-51-50-123-47-46-121-43-42-119-39-38-117-35-34-115-31-30-113-4;/h5,8-9,15-16,19-22,77-79H,6-7,10-14,17-18,23-76H2,1-4H3,(H4-,97,101,105,106,107,108,109,110,111,112);1H4/p-3. The maximum absolute atomic E-state index is 12.9.